The van der Waals surface area contributed by atoms with Crippen LogP contribution in [0.4, 0.5) is 0 Å². The zero-order valence-corrected chi connectivity index (χ0v) is 12.0. The van der Waals surface area contributed by atoms with Crippen LogP contribution >= 0.6 is 12.4 Å². The van der Waals surface area contributed by atoms with Crippen LogP contribution in [-0.2, 0) is 9.59 Å². The van der Waals surface area contributed by atoms with Crippen LogP contribution in [0.1, 0.15) is 19.8 Å². The highest BCUT2D eigenvalue weighted by Gasteiger charge is 2.47. The lowest BCUT2D eigenvalue weighted by atomic mass is 9.82. The van der Waals surface area contributed by atoms with E-state index in [4.69, 9.17) is 0 Å². The number of rotatable bonds is 3. The summed E-state index contributed by atoms with van der Waals surface area (Å²) in [5.74, 6) is -0.108. The highest BCUT2D eigenvalue weighted by Crippen LogP contribution is 2.37. The van der Waals surface area contributed by atoms with Gasteiger partial charge in [0.1, 0.15) is 0 Å². The molecule has 102 valence electrons. The van der Waals surface area contributed by atoms with Gasteiger partial charge in [0.25, 0.3) is 0 Å². The predicted molar refractivity (Wildman–Crippen MR) is 72.5 cm³/mol. The Kier molecular flexibility index (Phi) is 4.93. The third-order valence-corrected chi connectivity index (χ3v) is 3.69. The Morgan fingerprint density at radius 3 is 2.50 bits per heavy atom. The van der Waals surface area contributed by atoms with Crippen LogP contribution in [0.25, 0.3) is 0 Å². The van der Waals surface area contributed by atoms with Crippen LogP contribution < -0.4 is 0 Å². The zero-order chi connectivity index (χ0) is 12.6. The summed E-state index contributed by atoms with van der Waals surface area (Å²) in [5, 5.41) is 0. The number of hydrogen-bond acceptors (Lipinski definition) is 3. The van der Waals surface area contributed by atoms with Crippen molar-refractivity contribution in [3.63, 3.8) is 0 Å². The molecule has 1 aliphatic carbocycles. The Morgan fingerprint density at radius 2 is 1.89 bits per heavy atom. The van der Waals surface area contributed by atoms with E-state index in [2.05, 4.69) is 6.08 Å². The molecule has 1 saturated heterocycles. The summed E-state index contributed by atoms with van der Waals surface area (Å²) >= 11 is 0. The summed E-state index contributed by atoms with van der Waals surface area (Å²) in [5.41, 5.74) is 1.24. The summed E-state index contributed by atoms with van der Waals surface area (Å²) in [4.78, 5) is 27.7. The molecule has 2 atom stereocenters. The molecule has 0 unspecified atom stereocenters. The lowest BCUT2D eigenvalue weighted by molar-refractivity contribution is -0.140. The average Bonchev–Trinajstić information content (AvgIpc) is 2.49. The standard InChI is InChI=1S/C13H20N2O2.ClH/c1-9-4-5-10-11(8-9)13(17)15(12(10)16)7-6-14(2)3;/h4,10-11H,5-8H2,1-3H3;1H/t10-,11+;/m1./s1. The van der Waals surface area contributed by atoms with Gasteiger partial charge in [-0.05, 0) is 33.9 Å². The number of fused-ring (bicyclic) bond motifs is 1. The quantitative estimate of drug-likeness (QED) is 0.575. The van der Waals surface area contributed by atoms with E-state index in [0.29, 0.717) is 6.54 Å². The van der Waals surface area contributed by atoms with Gasteiger partial charge >= 0.3 is 0 Å². The Bertz CT molecular complexity index is 379. The van der Waals surface area contributed by atoms with Gasteiger partial charge in [-0.1, -0.05) is 11.6 Å². The molecule has 0 bridgehead atoms. The van der Waals surface area contributed by atoms with E-state index < -0.39 is 0 Å². The van der Waals surface area contributed by atoms with Crippen LogP contribution in [0.2, 0.25) is 0 Å². The maximum atomic E-state index is 12.2. The molecule has 1 fully saturated rings. The summed E-state index contributed by atoms with van der Waals surface area (Å²) in [7, 11) is 3.90. The van der Waals surface area contributed by atoms with Crippen LogP contribution in [0.3, 0.4) is 0 Å². The minimum atomic E-state index is -0.0895. The molecule has 0 aromatic heterocycles. The fraction of sp³-hybridized carbons (Fsp3) is 0.692. The van der Waals surface area contributed by atoms with Crippen molar-refractivity contribution in [2.45, 2.75) is 19.8 Å². The first-order valence-electron chi connectivity index (χ1n) is 6.16. The number of halogens is 1. The maximum Gasteiger partial charge on any atom is 0.233 e. The lowest BCUT2D eigenvalue weighted by Crippen LogP contribution is -2.36. The van der Waals surface area contributed by atoms with Crippen molar-refractivity contribution in [2.24, 2.45) is 11.8 Å². The molecule has 0 radical (unpaired) electrons. The average molecular weight is 273 g/mol. The van der Waals surface area contributed by atoms with Gasteiger partial charge in [-0.3, -0.25) is 14.5 Å². The Balaban J connectivity index is 0.00000162. The topological polar surface area (TPSA) is 40.6 Å². The van der Waals surface area contributed by atoms with Gasteiger partial charge in [0.15, 0.2) is 0 Å². The molecular formula is C13H21ClN2O2. The molecule has 2 amide bonds. The highest BCUT2D eigenvalue weighted by atomic mass is 35.5. The van der Waals surface area contributed by atoms with Gasteiger partial charge in [-0.2, -0.15) is 0 Å². The molecule has 2 rings (SSSR count). The molecule has 0 N–H and O–H groups in total. The second kappa shape index (κ2) is 5.85. The number of likely N-dealkylation sites (tertiary alicyclic amines) is 1. The molecule has 5 heteroatoms. The van der Waals surface area contributed by atoms with Crippen molar-refractivity contribution >= 4 is 24.2 Å². The Hall–Kier alpha value is -0.870. The fourth-order valence-corrected chi connectivity index (χ4v) is 2.63. The van der Waals surface area contributed by atoms with Gasteiger partial charge in [-0.25, -0.2) is 0 Å². The molecule has 1 heterocycles. The first-order chi connectivity index (χ1) is 8.00. The van der Waals surface area contributed by atoms with Crippen LogP contribution in [0.15, 0.2) is 11.6 Å². The van der Waals surface area contributed by atoms with Crippen molar-refractivity contribution < 1.29 is 9.59 Å². The number of allylic oxidation sites excluding steroid dienone is 2. The third kappa shape index (κ3) is 2.75. The number of carbonyl (C=O) groups excluding carboxylic acids is 2. The second-order valence-corrected chi connectivity index (χ2v) is 5.33. The molecular weight excluding hydrogens is 252 g/mol. The summed E-state index contributed by atoms with van der Waals surface area (Å²) in [6.07, 6.45) is 3.59. The first-order valence-corrected chi connectivity index (χ1v) is 6.16. The van der Waals surface area contributed by atoms with Crippen LogP contribution in [-0.4, -0.2) is 48.8 Å². The molecule has 0 saturated carbocycles. The lowest BCUT2D eigenvalue weighted by Gasteiger charge is -2.19. The van der Waals surface area contributed by atoms with Crippen molar-refractivity contribution in [1.29, 1.82) is 0 Å². The molecule has 0 aromatic rings. The van der Waals surface area contributed by atoms with Crippen LogP contribution in [0, 0.1) is 11.8 Å². The molecule has 4 nitrogen and oxygen atoms in total. The van der Waals surface area contributed by atoms with Crippen molar-refractivity contribution in [2.75, 3.05) is 27.2 Å². The molecule has 0 spiro atoms. The summed E-state index contributed by atoms with van der Waals surface area (Å²) in [6, 6.07) is 0. The van der Waals surface area contributed by atoms with E-state index in [0.717, 1.165) is 19.4 Å². The van der Waals surface area contributed by atoms with E-state index in [-0.39, 0.29) is 36.1 Å². The monoisotopic (exact) mass is 272 g/mol. The van der Waals surface area contributed by atoms with E-state index in [1.165, 1.54) is 10.5 Å². The van der Waals surface area contributed by atoms with Crippen LogP contribution in [0.5, 0.6) is 0 Å². The number of nitrogens with zero attached hydrogens (tertiary/aromatic N) is 2. The molecule has 0 aromatic carbocycles. The Morgan fingerprint density at radius 1 is 1.28 bits per heavy atom. The second-order valence-electron chi connectivity index (χ2n) is 5.33. The van der Waals surface area contributed by atoms with Crippen molar-refractivity contribution in [3.8, 4) is 0 Å². The number of likely N-dealkylation sites (N-methyl/N-ethyl adjacent to an activating group) is 1. The highest BCUT2D eigenvalue weighted by molar-refractivity contribution is 6.05. The SMILES string of the molecule is CC1=CC[C@H]2C(=O)N(CCN(C)C)C(=O)[C@H]2C1.Cl. The maximum absolute atomic E-state index is 12.2. The summed E-state index contributed by atoms with van der Waals surface area (Å²) in [6.45, 7) is 3.30. The van der Waals surface area contributed by atoms with Gasteiger partial charge < -0.3 is 4.90 Å². The number of imide groups is 1. The number of amides is 2. The smallest absolute Gasteiger partial charge is 0.233 e. The largest absolute Gasteiger partial charge is 0.308 e. The number of hydrogen-bond donors (Lipinski definition) is 0. The zero-order valence-electron chi connectivity index (χ0n) is 11.2. The van der Waals surface area contributed by atoms with Gasteiger partial charge in [-0.15, -0.1) is 12.4 Å². The predicted octanol–water partition coefficient (Wildman–Crippen LogP) is 1.31. The summed E-state index contributed by atoms with van der Waals surface area (Å²) < 4.78 is 0. The van der Waals surface area contributed by atoms with E-state index in [1.54, 1.807) is 0 Å². The van der Waals surface area contributed by atoms with Crippen molar-refractivity contribution in [1.82, 2.24) is 9.80 Å². The first kappa shape index (κ1) is 15.2. The normalized spacial score (nSPS) is 27.1. The number of carbonyl (C=O) groups is 2. The van der Waals surface area contributed by atoms with E-state index in [9.17, 15) is 9.59 Å². The molecule has 2 aliphatic rings. The molecule has 1 aliphatic heterocycles. The fourth-order valence-electron chi connectivity index (χ4n) is 2.63. The van der Waals surface area contributed by atoms with E-state index >= 15 is 0 Å². The van der Waals surface area contributed by atoms with Gasteiger partial charge in [0.2, 0.25) is 11.8 Å². The van der Waals surface area contributed by atoms with E-state index in [1.807, 2.05) is 25.9 Å². The van der Waals surface area contributed by atoms with Gasteiger partial charge in [0, 0.05) is 13.1 Å². The van der Waals surface area contributed by atoms with Crippen molar-refractivity contribution in [3.05, 3.63) is 11.6 Å². The minimum Gasteiger partial charge on any atom is -0.308 e. The third-order valence-electron chi connectivity index (χ3n) is 3.69. The van der Waals surface area contributed by atoms with Gasteiger partial charge in [0.05, 0.1) is 11.8 Å². The minimum absolute atomic E-state index is 0. The molecule has 18 heavy (non-hydrogen) atoms. The Labute approximate surface area is 114 Å².